The number of carbonyl (C=O) groups excluding carboxylic acids is 1. The van der Waals surface area contributed by atoms with Crippen LogP contribution in [0.25, 0.3) is 0 Å². The Morgan fingerprint density at radius 1 is 1.11 bits per heavy atom. The van der Waals surface area contributed by atoms with E-state index in [1.165, 1.54) is 0 Å². The van der Waals surface area contributed by atoms with Crippen molar-refractivity contribution in [1.82, 2.24) is 14.9 Å². The number of rotatable bonds is 5. The lowest BCUT2D eigenvalue weighted by Crippen LogP contribution is -2.45. The molecule has 11 heteroatoms. The number of hydrogen-bond acceptors (Lipinski definition) is 9. The summed E-state index contributed by atoms with van der Waals surface area (Å²) in [6.07, 6.45) is 3.27. The molecular formula is C24H32FN5O5. The second-order valence-corrected chi connectivity index (χ2v) is 8.28. The monoisotopic (exact) mass is 489 g/mol. The summed E-state index contributed by atoms with van der Waals surface area (Å²) in [5.41, 5.74) is 0.659. The molecule has 2 aliphatic heterocycles. The summed E-state index contributed by atoms with van der Waals surface area (Å²) in [4.78, 5) is 22.3. The highest BCUT2D eigenvalue weighted by Crippen LogP contribution is 2.32. The number of anilines is 3. The summed E-state index contributed by atoms with van der Waals surface area (Å²) >= 11 is 0. The van der Waals surface area contributed by atoms with Crippen LogP contribution >= 0.6 is 0 Å². The van der Waals surface area contributed by atoms with E-state index in [4.69, 9.17) is 18.9 Å². The van der Waals surface area contributed by atoms with Gasteiger partial charge in [0.15, 0.2) is 23.1 Å². The van der Waals surface area contributed by atoms with Crippen molar-refractivity contribution >= 4 is 23.4 Å². The van der Waals surface area contributed by atoms with Gasteiger partial charge in [-0.15, -0.1) is 0 Å². The minimum atomic E-state index is -0.550. The predicted octanol–water partition coefficient (Wildman–Crippen LogP) is 2.98. The van der Waals surface area contributed by atoms with Crippen molar-refractivity contribution in [1.29, 1.82) is 0 Å². The fourth-order valence-corrected chi connectivity index (χ4v) is 3.96. The standard InChI is InChI=1S/C24H32FN5O5/c1-2-22(31)30-7-3-4-18(16-30)27-23-19(25)15-26-24(29-23)28-17-5-6-20-21(14-17)35-13-11-33-9-8-32-10-12-34-20/h5-6,14-15,18H,2-4,7-13,16H2,1H3,(H2,26,27,28,29)/t18-/m0/s1. The number of benzene rings is 1. The highest BCUT2D eigenvalue weighted by atomic mass is 19.1. The second kappa shape index (κ2) is 12.5. The van der Waals surface area contributed by atoms with Crippen LogP contribution in [0.15, 0.2) is 24.4 Å². The average Bonchev–Trinajstić information content (AvgIpc) is 2.86. The largest absolute Gasteiger partial charge is 0.487 e. The molecule has 0 spiro atoms. The number of fused-ring (bicyclic) bond motifs is 1. The summed E-state index contributed by atoms with van der Waals surface area (Å²) in [5.74, 6) is 1.01. The molecule has 2 N–H and O–H groups in total. The van der Waals surface area contributed by atoms with Crippen LogP contribution < -0.4 is 20.1 Å². The molecule has 1 aromatic heterocycles. The van der Waals surface area contributed by atoms with E-state index in [9.17, 15) is 9.18 Å². The maximum Gasteiger partial charge on any atom is 0.229 e. The molecular weight excluding hydrogens is 457 g/mol. The van der Waals surface area contributed by atoms with Crippen LogP contribution in [0.3, 0.4) is 0 Å². The third-order valence-corrected chi connectivity index (χ3v) is 5.70. The number of aromatic nitrogens is 2. The van der Waals surface area contributed by atoms with Gasteiger partial charge in [-0.05, 0) is 25.0 Å². The van der Waals surface area contributed by atoms with Gasteiger partial charge in [0, 0.05) is 37.3 Å². The Labute approximate surface area is 204 Å². The van der Waals surface area contributed by atoms with Gasteiger partial charge in [0.25, 0.3) is 0 Å². The number of nitrogens with one attached hydrogen (secondary N) is 2. The van der Waals surface area contributed by atoms with Crippen molar-refractivity contribution in [3.8, 4) is 11.5 Å². The first-order valence-electron chi connectivity index (χ1n) is 12.0. The van der Waals surface area contributed by atoms with E-state index in [0.29, 0.717) is 69.8 Å². The molecule has 4 rings (SSSR count). The maximum absolute atomic E-state index is 14.5. The van der Waals surface area contributed by atoms with Gasteiger partial charge < -0.3 is 34.5 Å². The molecule has 3 heterocycles. The van der Waals surface area contributed by atoms with Crippen molar-refractivity contribution in [2.45, 2.75) is 32.2 Å². The lowest BCUT2D eigenvalue weighted by molar-refractivity contribution is -0.131. The zero-order valence-electron chi connectivity index (χ0n) is 19.9. The first kappa shape index (κ1) is 24.9. The fraction of sp³-hybridized carbons (Fsp3) is 0.542. The van der Waals surface area contributed by atoms with Crippen molar-refractivity contribution in [2.24, 2.45) is 0 Å². The van der Waals surface area contributed by atoms with Crippen LogP contribution in [0.1, 0.15) is 26.2 Å². The molecule has 0 bridgehead atoms. The molecule has 190 valence electrons. The topological polar surface area (TPSA) is 107 Å². The number of amides is 1. The summed E-state index contributed by atoms with van der Waals surface area (Å²) < 4.78 is 37.0. The number of ether oxygens (including phenoxy) is 4. The van der Waals surface area contributed by atoms with Crippen LogP contribution in [-0.4, -0.2) is 79.5 Å². The van der Waals surface area contributed by atoms with Crippen molar-refractivity contribution in [3.05, 3.63) is 30.2 Å². The smallest absolute Gasteiger partial charge is 0.229 e. The molecule has 0 unspecified atom stereocenters. The molecule has 1 saturated heterocycles. The van der Waals surface area contributed by atoms with E-state index in [2.05, 4.69) is 20.6 Å². The molecule has 0 radical (unpaired) electrons. The number of piperidine rings is 1. The SMILES string of the molecule is CCC(=O)N1CCC[C@H](Nc2nc(Nc3ccc4c(c3)OCCOCCOCCO4)ncc2F)C1. The maximum atomic E-state index is 14.5. The molecule has 0 aliphatic carbocycles. The van der Waals surface area contributed by atoms with Gasteiger partial charge in [-0.2, -0.15) is 4.98 Å². The normalized spacial score (nSPS) is 19.3. The van der Waals surface area contributed by atoms with E-state index >= 15 is 0 Å². The number of carbonyl (C=O) groups is 1. The second-order valence-electron chi connectivity index (χ2n) is 8.28. The van der Waals surface area contributed by atoms with E-state index in [1.807, 2.05) is 11.8 Å². The molecule has 35 heavy (non-hydrogen) atoms. The highest BCUT2D eigenvalue weighted by Gasteiger charge is 2.24. The molecule has 1 atom stereocenters. The molecule has 2 aliphatic rings. The van der Waals surface area contributed by atoms with Gasteiger partial charge in [0.1, 0.15) is 13.2 Å². The lowest BCUT2D eigenvalue weighted by Gasteiger charge is -2.33. The van der Waals surface area contributed by atoms with Crippen LogP contribution in [0.2, 0.25) is 0 Å². The van der Waals surface area contributed by atoms with Gasteiger partial charge in [0.05, 0.1) is 32.6 Å². The van der Waals surface area contributed by atoms with E-state index in [0.717, 1.165) is 25.6 Å². The first-order valence-corrected chi connectivity index (χ1v) is 12.0. The minimum Gasteiger partial charge on any atom is -0.487 e. The Bertz CT molecular complexity index is 995. The Kier molecular flexibility index (Phi) is 8.90. The van der Waals surface area contributed by atoms with Crippen LogP contribution in [0, 0.1) is 5.82 Å². The summed E-state index contributed by atoms with van der Waals surface area (Å²) in [7, 11) is 0. The zero-order valence-corrected chi connectivity index (χ0v) is 19.9. The van der Waals surface area contributed by atoms with Crippen molar-refractivity contribution in [2.75, 3.05) is 63.4 Å². The van der Waals surface area contributed by atoms with Crippen LogP contribution in [0.5, 0.6) is 11.5 Å². The van der Waals surface area contributed by atoms with Crippen molar-refractivity contribution in [3.63, 3.8) is 0 Å². The van der Waals surface area contributed by atoms with E-state index in [1.54, 1.807) is 18.2 Å². The third kappa shape index (κ3) is 7.15. The lowest BCUT2D eigenvalue weighted by atomic mass is 10.1. The fourth-order valence-electron chi connectivity index (χ4n) is 3.96. The quantitative estimate of drug-likeness (QED) is 0.655. The summed E-state index contributed by atoms with van der Waals surface area (Å²) in [5, 5.41) is 6.24. The first-order chi connectivity index (χ1) is 17.1. The highest BCUT2D eigenvalue weighted by molar-refractivity contribution is 5.76. The zero-order chi connectivity index (χ0) is 24.5. The number of halogens is 1. The Balaban J connectivity index is 1.44. The van der Waals surface area contributed by atoms with Gasteiger partial charge in [-0.1, -0.05) is 6.92 Å². The molecule has 1 amide bonds. The molecule has 2 aromatic rings. The molecule has 1 aromatic carbocycles. The average molecular weight is 490 g/mol. The summed E-state index contributed by atoms with van der Waals surface area (Å²) in [6.45, 7) is 5.75. The van der Waals surface area contributed by atoms with Gasteiger partial charge in [-0.25, -0.2) is 9.37 Å². The van der Waals surface area contributed by atoms with Crippen molar-refractivity contribution < 1.29 is 28.1 Å². The number of hydrogen-bond donors (Lipinski definition) is 2. The van der Waals surface area contributed by atoms with E-state index < -0.39 is 5.82 Å². The van der Waals surface area contributed by atoms with Gasteiger partial charge >= 0.3 is 0 Å². The molecule has 1 fully saturated rings. The Morgan fingerprint density at radius 3 is 2.63 bits per heavy atom. The number of nitrogens with zero attached hydrogens (tertiary/aromatic N) is 3. The van der Waals surface area contributed by atoms with Gasteiger partial charge in [0.2, 0.25) is 11.9 Å². The Hall–Kier alpha value is -3.18. The molecule has 10 nitrogen and oxygen atoms in total. The van der Waals surface area contributed by atoms with Crippen LogP contribution in [-0.2, 0) is 14.3 Å². The minimum absolute atomic E-state index is 0.0778. The molecule has 0 saturated carbocycles. The van der Waals surface area contributed by atoms with Crippen LogP contribution in [0.4, 0.5) is 21.8 Å². The number of likely N-dealkylation sites (tertiary alicyclic amines) is 1. The summed E-state index contributed by atoms with van der Waals surface area (Å²) in [6, 6.07) is 5.29. The Morgan fingerprint density at radius 2 is 1.86 bits per heavy atom. The predicted molar refractivity (Wildman–Crippen MR) is 128 cm³/mol. The van der Waals surface area contributed by atoms with Gasteiger partial charge in [-0.3, -0.25) is 4.79 Å². The van der Waals surface area contributed by atoms with E-state index in [-0.39, 0.29) is 23.7 Å². The third-order valence-electron chi connectivity index (χ3n) is 5.70.